The monoisotopic (exact) mass is 313 g/mol. The lowest BCUT2D eigenvalue weighted by atomic mass is 9.52. The first-order valence-electron chi connectivity index (χ1n) is 8.06. The van der Waals surface area contributed by atoms with Crippen molar-refractivity contribution in [2.75, 3.05) is 13.3 Å². The second-order valence-electron chi connectivity index (χ2n) is 5.74. The smallest absolute Gasteiger partial charge is 0.131 e. The predicted molar refractivity (Wildman–Crippen MR) is 90.2 cm³/mol. The van der Waals surface area contributed by atoms with Gasteiger partial charge in [0.1, 0.15) is 24.1 Å². The van der Waals surface area contributed by atoms with E-state index in [4.69, 9.17) is 7.74 Å². The third-order valence-electron chi connectivity index (χ3n) is 4.32. The minimum atomic E-state index is 0.450. The van der Waals surface area contributed by atoms with Crippen LogP contribution in [0.1, 0.15) is 29.4 Å². The van der Waals surface area contributed by atoms with E-state index in [1.54, 1.807) is 7.17 Å². The molecule has 2 aliphatic rings. The van der Waals surface area contributed by atoms with Gasteiger partial charge in [-0.3, -0.25) is 29.9 Å². The summed E-state index contributed by atoms with van der Waals surface area (Å²) in [6, 6.07) is 0. The summed E-state index contributed by atoms with van der Waals surface area (Å²) in [6.07, 6.45) is 5.86. The first kappa shape index (κ1) is 15.2. The molecule has 24 heavy (non-hydrogen) atoms. The van der Waals surface area contributed by atoms with Gasteiger partial charge in [0.25, 0.3) is 0 Å². The Morgan fingerprint density at radius 2 is 1.42 bits per heavy atom. The zero-order valence-electron chi connectivity index (χ0n) is 13.5. The molecule has 0 bridgehead atoms. The molecule has 0 saturated carbocycles. The van der Waals surface area contributed by atoms with Crippen molar-refractivity contribution in [3.63, 3.8) is 0 Å². The average molecular weight is 313 g/mol. The number of pyridine rings is 2. The first-order valence-corrected chi connectivity index (χ1v) is 8.06. The Balaban J connectivity index is 1.80. The van der Waals surface area contributed by atoms with E-state index in [0.717, 1.165) is 50.4 Å². The molecule has 115 valence electrons. The van der Waals surface area contributed by atoms with Crippen molar-refractivity contribution >= 4 is 14.9 Å². The van der Waals surface area contributed by atoms with Gasteiger partial charge in [-0.2, -0.15) is 0 Å². The average Bonchev–Trinajstić information content (AvgIpc) is 3.26. The Morgan fingerprint density at radius 3 is 2.00 bits per heavy atom. The number of nitrogens with zero attached hydrogens (tertiary/aromatic N) is 6. The van der Waals surface area contributed by atoms with Gasteiger partial charge in [-0.05, 0) is 17.5 Å². The Bertz CT molecular complexity index is 1050. The molecule has 0 amide bonds. The lowest BCUT2D eigenvalue weighted by molar-refractivity contribution is 0.922. The molecule has 2 aromatic rings. The largest absolute Gasteiger partial charge is 0.259 e. The molecule has 0 spiro atoms. The molecule has 0 fully saturated rings. The van der Waals surface area contributed by atoms with Crippen molar-refractivity contribution in [2.24, 2.45) is 20.0 Å². The molecule has 6 nitrogen and oxygen atoms in total. The summed E-state index contributed by atoms with van der Waals surface area (Å²) < 4.78 is 0. The second kappa shape index (κ2) is 6.26. The van der Waals surface area contributed by atoms with Gasteiger partial charge in [0.2, 0.25) is 0 Å². The van der Waals surface area contributed by atoms with Crippen molar-refractivity contribution in [3.05, 3.63) is 56.3 Å². The standard InChI is InChI=1S/C16H15B2N6/c1-2-9-5-19-11(15-13(9)21-7-23-15)3-12-16-14(22-8-24-16)10(4-18-17)6-20-12/h5-6H,2-4,7-8H2,1H3. The van der Waals surface area contributed by atoms with Gasteiger partial charge in [-0.15, -0.1) is 0 Å². The third kappa shape index (κ3) is 2.46. The van der Waals surface area contributed by atoms with Gasteiger partial charge < -0.3 is 0 Å². The molecule has 4 heterocycles. The summed E-state index contributed by atoms with van der Waals surface area (Å²) in [7, 11) is 7.16. The summed E-state index contributed by atoms with van der Waals surface area (Å²) in [4.78, 5) is 27.2. The summed E-state index contributed by atoms with van der Waals surface area (Å²) in [5.74, 6) is 0. The zero-order chi connectivity index (χ0) is 16.5. The molecular formula is C16H15B2N6. The molecule has 0 aromatic carbocycles. The molecule has 8 heteroatoms. The number of aryl methyl sites for hydroxylation is 1. The molecule has 0 aliphatic carbocycles. The normalized spacial score (nSPS) is 14.0. The lowest BCUT2D eigenvalue weighted by Gasteiger charge is -2.05. The highest BCUT2D eigenvalue weighted by atomic mass is 15.0. The number of hydrogen-bond acceptors (Lipinski definition) is 6. The Kier molecular flexibility index (Phi) is 3.96. The summed E-state index contributed by atoms with van der Waals surface area (Å²) in [5.41, 5.74) is 3.94. The minimum absolute atomic E-state index is 0.450. The van der Waals surface area contributed by atoms with Crippen molar-refractivity contribution in [3.8, 4) is 0 Å². The molecule has 0 atom stereocenters. The van der Waals surface area contributed by atoms with Crippen molar-refractivity contribution in [2.45, 2.75) is 26.1 Å². The zero-order valence-corrected chi connectivity index (χ0v) is 13.5. The van der Waals surface area contributed by atoms with Crippen molar-refractivity contribution in [1.29, 1.82) is 0 Å². The number of hydrogen-bond donors (Lipinski definition) is 0. The Hall–Kier alpha value is -2.37. The van der Waals surface area contributed by atoms with E-state index in [2.05, 4.69) is 36.9 Å². The van der Waals surface area contributed by atoms with Crippen LogP contribution in [0.4, 0.5) is 0 Å². The van der Waals surface area contributed by atoms with Crippen LogP contribution in [0.25, 0.3) is 0 Å². The van der Waals surface area contributed by atoms with Crippen LogP contribution >= 0.6 is 0 Å². The van der Waals surface area contributed by atoms with Gasteiger partial charge in [0.15, 0.2) is 0 Å². The molecule has 2 aromatic heterocycles. The predicted octanol–water partition coefficient (Wildman–Crippen LogP) is -1.66. The summed E-state index contributed by atoms with van der Waals surface area (Å²) in [5, 5.41) is 3.65. The van der Waals surface area contributed by atoms with Crippen LogP contribution in [-0.4, -0.2) is 38.2 Å². The highest BCUT2D eigenvalue weighted by Crippen LogP contribution is 2.00. The molecular weight excluding hydrogens is 298 g/mol. The third-order valence-corrected chi connectivity index (χ3v) is 4.32. The summed E-state index contributed by atoms with van der Waals surface area (Å²) in [6.45, 7) is 3.04. The molecule has 0 N–H and O–H groups in total. The van der Waals surface area contributed by atoms with Crippen LogP contribution < -0.4 is 21.4 Å². The van der Waals surface area contributed by atoms with E-state index in [1.807, 2.05) is 12.4 Å². The van der Waals surface area contributed by atoms with Gasteiger partial charge in [0, 0.05) is 26.6 Å². The Labute approximate surface area is 141 Å². The molecule has 0 unspecified atom stereocenters. The van der Waals surface area contributed by atoms with E-state index in [1.165, 1.54) is 0 Å². The van der Waals surface area contributed by atoms with Crippen LogP contribution in [0.5, 0.6) is 0 Å². The van der Waals surface area contributed by atoms with Crippen molar-refractivity contribution in [1.82, 2.24) is 9.97 Å². The second-order valence-corrected chi connectivity index (χ2v) is 5.74. The first-order chi connectivity index (χ1) is 11.8. The molecule has 3 radical (unpaired) electrons. The van der Waals surface area contributed by atoms with Gasteiger partial charge in [0.05, 0.1) is 29.3 Å². The summed E-state index contributed by atoms with van der Waals surface area (Å²) >= 11 is 0. The quantitative estimate of drug-likeness (QED) is 0.620. The van der Waals surface area contributed by atoms with Crippen LogP contribution in [-0.2, 0) is 19.2 Å². The van der Waals surface area contributed by atoms with E-state index >= 15 is 0 Å². The topological polar surface area (TPSA) is 75.2 Å². The maximum atomic E-state index is 5.55. The highest BCUT2D eigenvalue weighted by Gasteiger charge is 2.14. The van der Waals surface area contributed by atoms with E-state index in [0.29, 0.717) is 26.1 Å². The minimum Gasteiger partial charge on any atom is -0.259 e. The SMILES string of the molecule is [B][B]Cc1cnc(Cc2ncc(CC)c3c2=NCN=3)c2c1=NCN=2. The number of aromatic nitrogens is 2. The fourth-order valence-corrected chi connectivity index (χ4v) is 3.12. The van der Waals surface area contributed by atoms with E-state index in [-0.39, 0.29) is 0 Å². The number of rotatable bonds is 5. The molecule has 0 saturated heterocycles. The molecule has 2 aliphatic heterocycles. The fraction of sp³-hybridized carbons (Fsp3) is 0.375. The van der Waals surface area contributed by atoms with E-state index in [9.17, 15) is 0 Å². The highest BCUT2D eigenvalue weighted by molar-refractivity contribution is 6.89. The molecule has 4 rings (SSSR count). The maximum absolute atomic E-state index is 5.55. The van der Waals surface area contributed by atoms with Gasteiger partial charge in [-0.25, -0.2) is 0 Å². The van der Waals surface area contributed by atoms with Crippen LogP contribution in [0, 0.1) is 0 Å². The fourth-order valence-electron chi connectivity index (χ4n) is 3.12. The van der Waals surface area contributed by atoms with Crippen LogP contribution in [0.2, 0.25) is 0 Å². The maximum Gasteiger partial charge on any atom is 0.131 e. The van der Waals surface area contributed by atoms with Gasteiger partial charge in [-0.1, -0.05) is 13.2 Å². The Morgan fingerprint density at radius 1 is 0.875 bits per heavy atom. The van der Waals surface area contributed by atoms with E-state index < -0.39 is 0 Å². The van der Waals surface area contributed by atoms with Crippen LogP contribution in [0.15, 0.2) is 32.4 Å². The van der Waals surface area contributed by atoms with Gasteiger partial charge >= 0.3 is 0 Å². The number of fused-ring (bicyclic) bond motifs is 2. The van der Waals surface area contributed by atoms with Crippen LogP contribution in [0.3, 0.4) is 0 Å². The lowest BCUT2D eigenvalue weighted by Crippen LogP contribution is -2.35. The van der Waals surface area contributed by atoms with Crippen molar-refractivity contribution < 1.29 is 0 Å².